The lowest BCUT2D eigenvalue weighted by molar-refractivity contribution is -0.134. The summed E-state index contributed by atoms with van der Waals surface area (Å²) in [5, 5.41) is 2.76. The molecule has 2 aromatic carbocycles. The molecule has 0 aromatic heterocycles. The largest absolute Gasteiger partial charge is 0.347 e. The molecule has 1 heterocycles. The number of hydrogen-bond acceptors (Lipinski definition) is 4. The maximum atomic E-state index is 13.1. The van der Waals surface area contributed by atoms with Crippen LogP contribution in [0.3, 0.4) is 0 Å². The van der Waals surface area contributed by atoms with Gasteiger partial charge in [-0.05, 0) is 48.4 Å². The molecule has 0 atom stereocenters. The molecular weight excluding hydrogens is 462 g/mol. The van der Waals surface area contributed by atoms with Crippen molar-refractivity contribution in [3.05, 3.63) is 65.7 Å². The van der Waals surface area contributed by atoms with Crippen molar-refractivity contribution >= 4 is 21.8 Å². The molecule has 0 bridgehead atoms. The molecule has 2 aromatic rings. The van der Waals surface area contributed by atoms with E-state index in [1.807, 2.05) is 49.4 Å². The average Bonchev–Trinajstić information content (AvgIpc) is 2.86. The van der Waals surface area contributed by atoms with Crippen LogP contribution in [0.4, 0.5) is 0 Å². The van der Waals surface area contributed by atoms with Crippen molar-refractivity contribution in [1.29, 1.82) is 0 Å². The number of nitrogens with zero attached hydrogens (tertiary/aromatic N) is 2. The molecule has 1 saturated heterocycles. The number of sulfonamides is 1. The zero-order chi connectivity index (χ0) is 25.6. The van der Waals surface area contributed by atoms with Crippen molar-refractivity contribution in [3.63, 3.8) is 0 Å². The van der Waals surface area contributed by atoms with Gasteiger partial charge in [-0.3, -0.25) is 9.59 Å². The van der Waals surface area contributed by atoms with Crippen LogP contribution in [-0.4, -0.2) is 55.6 Å². The highest BCUT2D eigenvalue weighted by Crippen LogP contribution is 2.27. The van der Waals surface area contributed by atoms with Crippen LogP contribution in [0, 0.1) is 5.92 Å². The summed E-state index contributed by atoms with van der Waals surface area (Å²) in [5.41, 5.74) is 2.06. The second kappa shape index (κ2) is 11.4. The maximum Gasteiger partial charge on any atom is 0.243 e. The van der Waals surface area contributed by atoms with Gasteiger partial charge in [-0.1, -0.05) is 63.2 Å². The first-order chi connectivity index (χ1) is 16.5. The molecule has 2 amide bonds. The van der Waals surface area contributed by atoms with Gasteiger partial charge in [-0.15, -0.1) is 0 Å². The van der Waals surface area contributed by atoms with Gasteiger partial charge in [0.05, 0.1) is 11.4 Å². The summed E-state index contributed by atoms with van der Waals surface area (Å²) in [6, 6.07) is 16.8. The lowest BCUT2D eigenvalue weighted by Crippen LogP contribution is -2.45. The molecule has 1 aliphatic heterocycles. The molecule has 1 N–H and O–H groups in total. The van der Waals surface area contributed by atoms with Gasteiger partial charge >= 0.3 is 0 Å². The Morgan fingerprint density at radius 3 is 2.14 bits per heavy atom. The molecular formula is C27H37N3O4S. The lowest BCUT2D eigenvalue weighted by atomic mass is 9.87. The summed E-state index contributed by atoms with van der Waals surface area (Å²) in [4.78, 5) is 27.3. The molecule has 7 nitrogen and oxygen atoms in total. The number of hydrogen-bond donors (Lipinski definition) is 1. The first-order valence-corrected chi connectivity index (χ1v) is 13.7. The van der Waals surface area contributed by atoms with E-state index < -0.39 is 10.0 Å². The Labute approximate surface area is 209 Å². The molecule has 0 spiro atoms. The summed E-state index contributed by atoms with van der Waals surface area (Å²) in [6.07, 6.45) is 0.863. The third-order valence-corrected chi connectivity index (χ3v) is 8.46. The summed E-state index contributed by atoms with van der Waals surface area (Å²) in [7, 11) is -3.60. The smallest absolute Gasteiger partial charge is 0.243 e. The minimum Gasteiger partial charge on any atom is -0.347 e. The van der Waals surface area contributed by atoms with Crippen LogP contribution in [0.5, 0.6) is 0 Å². The van der Waals surface area contributed by atoms with Crippen LogP contribution >= 0.6 is 0 Å². The van der Waals surface area contributed by atoms with Gasteiger partial charge in [0.2, 0.25) is 21.8 Å². The number of likely N-dealkylation sites (N-methyl/N-ethyl adjacent to an activating group) is 1. The zero-order valence-corrected chi connectivity index (χ0v) is 22.0. The SMILES string of the molecule is CCN(Cc1ccccc1)C(=O)CNC(=O)C1CCN(S(=O)(=O)c2ccc(C(C)(C)C)cc2)CC1. The number of carbonyl (C=O) groups is 2. The van der Waals surface area contributed by atoms with E-state index in [1.165, 1.54) is 4.31 Å². The Morgan fingerprint density at radius 2 is 1.60 bits per heavy atom. The highest BCUT2D eigenvalue weighted by Gasteiger charge is 2.32. The third kappa shape index (κ3) is 6.92. The van der Waals surface area contributed by atoms with E-state index >= 15 is 0 Å². The van der Waals surface area contributed by atoms with Crippen LogP contribution in [0.25, 0.3) is 0 Å². The molecule has 190 valence electrons. The van der Waals surface area contributed by atoms with Crippen molar-refractivity contribution < 1.29 is 18.0 Å². The quantitative estimate of drug-likeness (QED) is 0.602. The predicted molar refractivity (Wildman–Crippen MR) is 137 cm³/mol. The summed E-state index contributed by atoms with van der Waals surface area (Å²) in [6.45, 7) is 9.73. The second-order valence-electron chi connectivity index (χ2n) is 10.1. The number of amides is 2. The minimum absolute atomic E-state index is 0.0505. The molecule has 1 aliphatic rings. The van der Waals surface area contributed by atoms with Gasteiger partial charge < -0.3 is 10.2 Å². The van der Waals surface area contributed by atoms with Gasteiger partial charge in [-0.25, -0.2) is 8.42 Å². The van der Waals surface area contributed by atoms with Crippen LogP contribution in [0.2, 0.25) is 0 Å². The Bertz CT molecular complexity index is 1100. The Morgan fingerprint density at radius 1 is 1.00 bits per heavy atom. The van der Waals surface area contributed by atoms with Crippen molar-refractivity contribution in [3.8, 4) is 0 Å². The number of benzene rings is 2. The average molecular weight is 500 g/mol. The fourth-order valence-corrected chi connectivity index (χ4v) is 5.70. The minimum atomic E-state index is -3.60. The van der Waals surface area contributed by atoms with E-state index in [4.69, 9.17) is 0 Å². The van der Waals surface area contributed by atoms with Crippen molar-refractivity contribution in [2.75, 3.05) is 26.2 Å². The number of nitrogens with one attached hydrogen (secondary N) is 1. The third-order valence-electron chi connectivity index (χ3n) is 6.55. The first kappa shape index (κ1) is 26.9. The highest BCUT2D eigenvalue weighted by atomic mass is 32.2. The molecule has 0 unspecified atom stereocenters. The van der Waals surface area contributed by atoms with Crippen molar-refractivity contribution in [2.24, 2.45) is 5.92 Å². The fraction of sp³-hybridized carbons (Fsp3) is 0.481. The van der Waals surface area contributed by atoms with Gasteiger partial charge in [-0.2, -0.15) is 4.31 Å². The van der Waals surface area contributed by atoms with Gasteiger partial charge in [0, 0.05) is 32.1 Å². The summed E-state index contributed by atoms with van der Waals surface area (Å²) in [5.74, 6) is -0.633. The molecule has 0 radical (unpaired) electrons. The standard InChI is InChI=1S/C27H37N3O4S/c1-5-29(20-21-9-7-6-8-10-21)25(31)19-28-26(32)22-15-17-30(18-16-22)35(33,34)24-13-11-23(12-14-24)27(2,3)4/h6-14,22H,5,15-20H2,1-4H3,(H,28,32). The Hall–Kier alpha value is -2.71. The number of piperidine rings is 1. The molecule has 0 aliphatic carbocycles. The second-order valence-corrected chi connectivity index (χ2v) is 12.0. The molecule has 0 saturated carbocycles. The van der Waals surface area contributed by atoms with Gasteiger partial charge in [0.25, 0.3) is 0 Å². The normalized spacial score (nSPS) is 15.5. The van der Waals surface area contributed by atoms with Crippen molar-refractivity contribution in [1.82, 2.24) is 14.5 Å². The predicted octanol–water partition coefficient (Wildman–Crippen LogP) is 3.55. The summed E-state index contributed by atoms with van der Waals surface area (Å²) < 4.78 is 27.6. The van der Waals surface area contributed by atoms with Crippen LogP contribution < -0.4 is 5.32 Å². The topological polar surface area (TPSA) is 86.8 Å². The maximum absolute atomic E-state index is 13.1. The number of carbonyl (C=O) groups excluding carboxylic acids is 2. The van der Waals surface area contributed by atoms with Gasteiger partial charge in [0.1, 0.15) is 0 Å². The monoisotopic (exact) mass is 499 g/mol. The van der Waals surface area contributed by atoms with E-state index in [1.54, 1.807) is 17.0 Å². The molecule has 35 heavy (non-hydrogen) atoms. The van der Waals surface area contributed by atoms with E-state index in [9.17, 15) is 18.0 Å². The van der Waals surface area contributed by atoms with Crippen LogP contribution in [0.1, 0.15) is 51.7 Å². The molecule has 1 fully saturated rings. The Balaban J connectivity index is 1.50. The molecule has 8 heteroatoms. The lowest BCUT2D eigenvalue weighted by Gasteiger charge is -2.31. The number of rotatable bonds is 8. The first-order valence-electron chi connectivity index (χ1n) is 12.2. The van der Waals surface area contributed by atoms with E-state index in [-0.39, 0.29) is 47.7 Å². The van der Waals surface area contributed by atoms with Crippen LogP contribution in [-0.2, 0) is 31.6 Å². The van der Waals surface area contributed by atoms with Gasteiger partial charge in [0.15, 0.2) is 0 Å². The fourth-order valence-electron chi connectivity index (χ4n) is 4.23. The van der Waals surface area contributed by atoms with E-state index in [2.05, 4.69) is 26.1 Å². The van der Waals surface area contributed by atoms with E-state index in [0.717, 1.165) is 11.1 Å². The zero-order valence-electron chi connectivity index (χ0n) is 21.2. The van der Waals surface area contributed by atoms with E-state index in [0.29, 0.717) is 25.9 Å². The van der Waals surface area contributed by atoms with Crippen molar-refractivity contribution in [2.45, 2.75) is 57.4 Å². The summed E-state index contributed by atoms with van der Waals surface area (Å²) >= 11 is 0. The highest BCUT2D eigenvalue weighted by molar-refractivity contribution is 7.89. The molecule has 3 rings (SSSR count). The Kier molecular flexibility index (Phi) is 8.72. The van der Waals surface area contributed by atoms with Crippen LogP contribution in [0.15, 0.2) is 59.5 Å².